The summed E-state index contributed by atoms with van der Waals surface area (Å²) in [7, 11) is -3.96. The van der Waals surface area contributed by atoms with Gasteiger partial charge >= 0.3 is 10.1 Å². The lowest BCUT2D eigenvalue weighted by Crippen LogP contribution is -2.10. The van der Waals surface area contributed by atoms with Crippen LogP contribution in [0.3, 0.4) is 0 Å². The summed E-state index contributed by atoms with van der Waals surface area (Å²) < 4.78 is 28.1. The van der Waals surface area contributed by atoms with Crippen LogP contribution in [0.5, 0.6) is 5.88 Å². The Bertz CT molecular complexity index is 621. The normalized spacial score (nSPS) is 11.4. The van der Waals surface area contributed by atoms with Crippen LogP contribution in [-0.2, 0) is 10.1 Å². The zero-order valence-corrected chi connectivity index (χ0v) is 9.89. The SMILES string of the molecule is O=S(=O)(Oc1ccn(O)n1)c1ccc(Cl)cc1. The molecule has 0 saturated heterocycles. The van der Waals surface area contributed by atoms with Gasteiger partial charge in [0, 0.05) is 11.1 Å². The molecule has 0 aliphatic carbocycles. The molecular weight excluding hydrogens is 268 g/mol. The van der Waals surface area contributed by atoms with Gasteiger partial charge in [-0.2, -0.15) is 8.42 Å². The Labute approximate surface area is 102 Å². The molecule has 1 aromatic heterocycles. The molecule has 0 aliphatic rings. The van der Waals surface area contributed by atoms with Gasteiger partial charge in [0.25, 0.3) is 5.88 Å². The Balaban J connectivity index is 2.28. The molecule has 0 saturated carbocycles. The van der Waals surface area contributed by atoms with E-state index in [0.29, 0.717) is 9.87 Å². The predicted octanol–water partition coefficient (Wildman–Crippen LogP) is 1.54. The number of nitrogens with zero attached hydrogens (tertiary/aromatic N) is 2. The number of hydrogen-bond donors (Lipinski definition) is 1. The molecule has 0 radical (unpaired) electrons. The molecule has 17 heavy (non-hydrogen) atoms. The van der Waals surface area contributed by atoms with Crippen molar-refractivity contribution in [2.75, 3.05) is 0 Å². The number of benzene rings is 1. The minimum Gasteiger partial charge on any atom is -0.412 e. The first-order valence-electron chi connectivity index (χ1n) is 4.42. The quantitative estimate of drug-likeness (QED) is 0.678. The van der Waals surface area contributed by atoms with E-state index in [4.69, 9.17) is 16.8 Å². The largest absolute Gasteiger partial charge is 0.412 e. The average Bonchev–Trinajstić information content (AvgIpc) is 2.63. The van der Waals surface area contributed by atoms with E-state index in [-0.39, 0.29) is 10.8 Å². The van der Waals surface area contributed by atoms with E-state index in [1.165, 1.54) is 30.3 Å². The minimum absolute atomic E-state index is 0.0469. The molecule has 6 nitrogen and oxygen atoms in total. The molecule has 2 rings (SSSR count). The Morgan fingerprint density at radius 1 is 1.24 bits per heavy atom. The highest BCUT2D eigenvalue weighted by atomic mass is 35.5. The second-order valence-corrected chi connectivity index (χ2v) is 5.05. The van der Waals surface area contributed by atoms with E-state index < -0.39 is 10.1 Å². The number of hydrogen-bond acceptors (Lipinski definition) is 5. The Kier molecular flexibility index (Phi) is 2.95. The lowest BCUT2D eigenvalue weighted by atomic mass is 10.4. The first kappa shape index (κ1) is 11.7. The maximum absolute atomic E-state index is 11.7. The summed E-state index contributed by atoms with van der Waals surface area (Å²) >= 11 is 5.64. The van der Waals surface area contributed by atoms with Gasteiger partial charge in [0.05, 0.1) is 6.20 Å². The van der Waals surface area contributed by atoms with Crippen LogP contribution >= 0.6 is 11.6 Å². The van der Waals surface area contributed by atoms with Gasteiger partial charge in [0.2, 0.25) is 0 Å². The maximum atomic E-state index is 11.7. The topological polar surface area (TPSA) is 81.4 Å². The molecule has 0 spiro atoms. The molecule has 1 aromatic carbocycles. The number of halogens is 1. The molecule has 0 unspecified atom stereocenters. The third-order valence-corrected chi connectivity index (χ3v) is 3.34. The first-order valence-corrected chi connectivity index (χ1v) is 6.21. The van der Waals surface area contributed by atoms with Gasteiger partial charge in [-0.05, 0) is 24.3 Å². The van der Waals surface area contributed by atoms with Gasteiger partial charge in [-0.3, -0.25) is 0 Å². The lowest BCUT2D eigenvalue weighted by Gasteiger charge is -2.03. The van der Waals surface area contributed by atoms with E-state index in [1.54, 1.807) is 0 Å². The van der Waals surface area contributed by atoms with Crippen molar-refractivity contribution in [2.45, 2.75) is 4.90 Å². The average molecular weight is 275 g/mol. The minimum atomic E-state index is -3.96. The molecule has 0 atom stereocenters. The molecule has 0 amide bonds. The molecule has 8 heteroatoms. The molecular formula is C9H7ClN2O4S. The number of aromatic nitrogens is 2. The van der Waals surface area contributed by atoms with Crippen LogP contribution in [0.25, 0.3) is 0 Å². The van der Waals surface area contributed by atoms with Crippen molar-refractivity contribution in [3.63, 3.8) is 0 Å². The fourth-order valence-corrected chi connectivity index (χ4v) is 2.11. The highest BCUT2D eigenvalue weighted by Gasteiger charge is 2.17. The summed E-state index contributed by atoms with van der Waals surface area (Å²) in [5.74, 6) is -0.220. The van der Waals surface area contributed by atoms with Crippen LogP contribution in [0.4, 0.5) is 0 Å². The second-order valence-electron chi connectivity index (χ2n) is 3.07. The van der Waals surface area contributed by atoms with Crippen molar-refractivity contribution in [2.24, 2.45) is 0 Å². The highest BCUT2D eigenvalue weighted by Crippen LogP contribution is 2.18. The van der Waals surface area contributed by atoms with Gasteiger partial charge in [0.1, 0.15) is 4.90 Å². The van der Waals surface area contributed by atoms with E-state index in [1.807, 2.05) is 0 Å². The van der Waals surface area contributed by atoms with Crippen LogP contribution in [0.1, 0.15) is 0 Å². The summed E-state index contributed by atoms with van der Waals surface area (Å²) in [4.78, 5) is 0.404. The van der Waals surface area contributed by atoms with E-state index in [0.717, 1.165) is 6.20 Å². The van der Waals surface area contributed by atoms with E-state index >= 15 is 0 Å². The van der Waals surface area contributed by atoms with Crippen molar-refractivity contribution in [3.05, 3.63) is 41.6 Å². The second kappa shape index (κ2) is 4.27. The predicted molar refractivity (Wildman–Crippen MR) is 58.7 cm³/mol. The van der Waals surface area contributed by atoms with Crippen LogP contribution in [0, 0.1) is 0 Å². The molecule has 1 N–H and O–H groups in total. The van der Waals surface area contributed by atoms with Gasteiger partial charge in [-0.25, -0.2) is 0 Å². The fraction of sp³-hybridized carbons (Fsp3) is 0. The smallest absolute Gasteiger partial charge is 0.340 e. The van der Waals surface area contributed by atoms with Crippen molar-refractivity contribution in [1.29, 1.82) is 0 Å². The molecule has 0 bridgehead atoms. The summed E-state index contributed by atoms with van der Waals surface area (Å²) in [6, 6.07) is 6.71. The Hall–Kier alpha value is -1.73. The van der Waals surface area contributed by atoms with Crippen molar-refractivity contribution in [1.82, 2.24) is 9.94 Å². The van der Waals surface area contributed by atoms with Gasteiger partial charge in [-0.1, -0.05) is 16.7 Å². The zero-order chi connectivity index (χ0) is 12.5. The molecule has 2 aromatic rings. The molecule has 0 fully saturated rings. The third-order valence-electron chi connectivity index (χ3n) is 1.85. The van der Waals surface area contributed by atoms with Gasteiger partial charge in [0.15, 0.2) is 0 Å². The van der Waals surface area contributed by atoms with Crippen molar-refractivity contribution < 1.29 is 17.8 Å². The van der Waals surface area contributed by atoms with E-state index in [9.17, 15) is 8.42 Å². The van der Waals surface area contributed by atoms with Gasteiger partial charge < -0.3 is 9.39 Å². The lowest BCUT2D eigenvalue weighted by molar-refractivity contribution is 0.146. The Morgan fingerprint density at radius 2 is 1.88 bits per heavy atom. The van der Waals surface area contributed by atoms with Crippen LogP contribution in [0.2, 0.25) is 5.02 Å². The standard InChI is InChI=1S/C9H7ClN2O4S/c10-7-1-3-8(4-2-7)17(14,15)16-9-5-6-12(13)11-9/h1-6,13H. The molecule has 0 aliphatic heterocycles. The zero-order valence-electron chi connectivity index (χ0n) is 8.32. The van der Waals surface area contributed by atoms with Crippen molar-refractivity contribution in [3.8, 4) is 5.88 Å². The van der Waals surface area contributed by atoms with Crippen LogP contribution in [-0.4, -0.2) is 23.6 Å². The van der Waals surface area contributed by atoms with Crippen molar-refractivity contribution >= 4 is 21.7 Å². The summed E-state index contributed by atoms with van der Waals surface area (Å²) in [6.45, 7) is 0. The van der Waals surface area contributed by atoms with Crippen LogP contribution < -0.4 is 4.18 Å². The highest BCUT2D eigenvalue weighted by molar-refractivity contribution is 7.87. The summed E-state index contributed by atoms with van der Waals surface area (Å²) in [6.07, 6.45) is 1.15. The monoisotopic (exact) mass is 274 g/mol. The number of rotatable bonds is 3. The first-order chi connectivity index (χ1) is 7.97. The third kappa shape index (κ3) is 2.69. The van der Waals surface area contributed by atoms with Crippen LogP contribution in [0.15, 0.2) is 41.4 Å². The summed E-state index contributed by atoms with van der Waals surface area (Å²) in [5.41, 5.74) is 0. The fourth-order valence-electron chi connectivity index (χ4n) is 1.10. The van der Waals surface area contributed by atoms with E-state index in [2.05, 4.69) is 9.28 Å². The molecule has 1 heterocycles. The molecule has 90 valence electrons. The van der Waals surface area contributed by atoms with Gasteiger partial charge in [-0.15, -0.1) is 4.85 Å². The maximum Gasteiger partial charge on any atom is 0.340 e. The Morgan fingerprint density at radius 3 is 2.41 bits per heavy atom. The summed E-state index contributed by atoms with van der Waals surface area (Å²) in [5, 5.41) is 12.7.